The average molecular weight is 261 g/mol. The molecule has 0 fully saturated rings. The van der Waals surface area contributed by atoms with Gasteiger partial charge in [0.1, 0.15) is 4.21 Å². The number of unbranched alkanes of at least 4 members (excludes halogenated alkanes) is 1. The highest BCUT2D eigenvalue weighted by Gasteiger charge is 2.13. The smallest absolute Gasteiger partial charge is 0.210 e. The first-order valence-electron chi connectivity index (χ1n) is 5.55. The maximum Gasteiger partial charge on any atom is 0.250 e. The molecule has 16 heavy (non-hydrogen) atoms. The van der Waals surface area contributed by atoms with Crippen molar-refractivity contribution in [1.82, 2.24) is 4.72 Å². The van der Waals surface area contributed by atoms with Crippen molar-refractivity contribution < 1.29 is 8.42 Å². The van der Waals surface area contributed by atoms with Gasteiger partial charge in [0.2, 0.25) is 10.0 Å². The number of hydrogen-bond donors (Lipinski definition) is 1. The Morgan fingerprint density at radius 2 is 2.12 bits per heavy atom. The molecule has 0 aliphatic carbocycles. The quantitative estimate of drug-likeness (QED) is 0.767. The zero-order chi connectivity index (χ0) is 12.0. The van der Waals surface area contributed by atoms with Gasteiger partial charge in [-0.2, -0.15) is 0 Å². The number of rotatable bonds is 7. The molecule has 0 amide bonds. The van der Waals surface area contributed by atoms with Gasteiger partial charge in [-0.05, 0) is 23.8 Å². The second-order valence-electron chi connectivity index (χ2n) is 4.22. The summed E-state index contributed by atoms with van der Waals surface area (Å²) in [4.78, 5) is 0. The van der Waals surface area contributed by atoms with Gasteiger partial charge in [0.15, 0.2) is 0 Å². The average Bonchev–Trinajstić information content (AvgIpc) is 2.69. The van der Waals surface area contributed by atoms with Crippen LogP contribution in [0, 0.1) is 5.92 Å². The Balaban J connectivity index is 2.28. The first-order chi connectivity index (χ1) is 7.52. The summed E-state index contributed by atoms with van der Waals surface area (Å²) >= 11 is 1.25. The molecule has 0 radical (unpaired) electrons. The summed E-state index contributed by atoms with van der Waals surface area (Å²) in [5.74, 6) is 0.689. The van der Waals surface area contributed by atoms with E-state index < -0.39 is 10.0 Å². The fourth-order valence-electron chi connectivity index (χ4n) is 1.37. The third-order valence-electron chi connectivity index (χ3n) is 2.26. The molecule has 0 saturated heterocycles. The Morgan fingerprint density at radius 1 is 1.38 bits per heavy atom. The van der Waals surface area contributed by atoms with Crippen LogP contribution in [0.2, 0.25) is 0 Å². The predicted molar refractivity (Wildman–Crippen MR) is 68.2 cm³/mol. The van der Waals surface area contributed by atoms with E-state index >= 15 is 0 Å². The van der Waals surface area contributed by atoms with E-state index in [1.165, 1.54) is 11.3 Å². The SMILES string of the molecule is CC(C)CCCCNS(=O)(=O)c1cccs1. The van der Waals surface area contributed by atoms with Crippen molar-refractivity contribution in [2.75, 3.05) is 6.54 Å². The van der Waals surface area contributed by atoms with Crippen molar-refractivity contribution in [3.63, 3.8) is 0 Å². The summed E-state index contributed by atoms with van der Waals surface area (Å²) in [6.07, 6.45) is 3.13. The molecule has 0 bridgehead atoms. The molecule has 5 heteroatoms. The van der Waals surface area contributed by atoms with Gasteiger partial charge in [-0.25, -0.2) is 13.1 Å². The van der Waals surface area contributed by atoms with E-state index in [0.29, 0.717) is 16.7 Å². The van der Waals surface area contributed by atoms with Crippen LogP contribution < -0.4 is 4.72 Å². The number of hydrogen-bond acceptors (Lipinski definition) is 3. The minimum Gasteiger partial charge on any atom is -0.210 e. The van der Waals surface area contributed by atoms with Crippen molar-refractivity contribution in [1.29, 1.82) is 0 Å². The lowest BCUT2D eigenvalue weighted by Gasteiger charge is -2.06. The molecule has 1 heterocycles. The van der Waals surface area contributed by atoms with Crippen LogP contribution in [0.5, 0.6) is 0 Å². The predicted octanol–water partition coefficient (Wildman–Crippen LogP) is 2.85. The Morgan fingerprint density at radius 3 is 2.69 bits per heavy atom. The van der Waals surface area contributed by atoms with Gasteiger partial charge >= 0.3 is 0 Å². The highest BCUT2D eigenvalue weighted by atomic mass is 32.2. The Bertz CT molecular complexity index is 382. The van der Waals surface area contributed by atoms with Gasteiger partial charge in [-0.1, -0.05) is 32.8 Å². The van der Waals surface area contributed by atoms with Crippen molar-refractivity contribution in [3.05, 3.63) is 17.5 Å². The first kappa shape index (κ1) is 13.7. The normalized spacial score (nSPS) is 12.2. The summed E-state index contributed by atoms with van der Waals surface area (Å²) in [6, 6.07) is 3.37. The molecule has 1 aromatic rings. The van der Waals surface area contributed by atoms with Crippen LogP contribution in [0.4, 0.5) is 0 Å². The summed E-state index contributed by atoms with van der Waals surface area (Å²) in [6.45, 7) is 4.89. The van der Waals surface area contributed by atoms with Gasteiger partial charge in [-0.15, -0.1) is 11.3 Å². The Labute approximate surface area is 102 Å². The van der Waals surface area contributed by atoms with E-state index in [1.807, 2.05) is 0 Å². The summed E-state index contributed by atoms with van der Waals surface area (Å²) < 4.78 is 26.4. The molecule has 0 spiro atoms. The molecule has 0 saturated carbocycles. The molecule has 0 aliphatic heterocycles. The van der Waals surface area contributed by atoms with E-state index in [1.54, 1.807) is 17.5 Å². The third kappa shape index (κ3) is 4.63. The van der Waals surface area contributed by atoms with Gasteiger partial charge in [0, 0.05) is 6.54 Å². The molecule has 3 nitrogen and oxygen atoms in total. The lowest BCUT2D eigenvalue weighted by Crippen LogP contribution is -2.24. The van der Waals surface area contributed by atoms with Crippen LogP contribution in [0.1, 0.15) is 33.1 Å². The van der Waals surface area contributed by atoms with Crippen LogP contribution in [0.25, 0.3) is 0 Å². The first-order valence-corrected chi connectivity index (χ1v) is 7.92. The molecule has 0 aliphatic rings. The van der Waals surface area contributed by atoms with Crippen molar-refractivity contribution in [2.45, 2.75) is 37.3 Å². The lowest BCUT2D eigenvalue weighted by atomic mass is 10.1. The second-order valence-corrected chi connectivity index (χ2v) is 7.16. The molecule has 1 N–H and O–H groups in total. The van der Waals surface area contributed by atoms with E-state index in [2.05, 4.69) is 18.6 Å². The van der Waals surface area contributed by atoms with E-state index in [4.69, 9.17) is 0 Å². The highest BCUT2D eigenvalue weighted by Crippen LogP contribution is 2.15. The monoisotopic (exact) mass is 261 g/mol. The van der Waals surface area contributed by atoms with Gasteiger partial charge in [0.25, 0.3) is 0 Å². The summed E-state index contributed by atoms with van der Waals surface area (Å²) in [5.41, 5.74) is 0. The minimum atomic E-state index is -3.25. The summed E-state index contributed by atoms with van der Waals surface area (Å²) in [5, 5.41) is 1.77. The summed E-state index contributed by atoms with van der Waals surface area (Å²) in [7, 11) is -3.25. The van der Waals surface area contributed by atoms with Crippen LogP contribution in [-0.2, 0) is 10.0 Å². The zero-order valence-electron chi connectivity index (χ0n) is 9.77. The highest BCUT2D eigenvalue weighted by molar-refractivity contribution is 7.91. The number of nitrogens with one attached hydrogen (secondary N) is 1. The minimum absolute atomic E-state index is 0.399. The van der Waals surface area contributed by atoms with E-state index in [-0.39, 0.29) is 0 Å². The van der Waals surface area contributed by atoms with E-state index in [9.17, 15) is 8.42 Å². The number of sulfonamides is 1. The Hall–Kier alpha value is -0.390. The van der Waals surface area contributed by atoms with Gasteiger partial charge in [-0.3, -0.25) is 0 Å². The molecule has 0 unspecified atom stereocenters. The molecule has 1 rings (SSSR count). The molecular weight excluding hydrogens is 242 g/mol. The number of thiophene rings is 1. The molecular formula is C11H19NO2S2. The maximum absolute atomic E-state index is 11.7. The van der Waals surface area contributed by atoms with Crippen LogP contribution >= 0.6 is 11.3 Å². The van der Waals surface area contributed by atoms with Gasteiger partial charge in [0.05, 0.1) is 0 Å². The maximum atomic E-state index is 11.7. The zero-order valence-corrected chi connectivity index (χ0v) is 11.4. The fraction of sp³-hybridized carbons (Fsp3) is 0.636. The van der Waals surface area contributed by atoms with Crippen LogP contribution in [-0.4, -0.2) is 15.0 Å². The molecule has 92 valence electrons. The van der Waals surface area contributed by atoms with Crippen LogP contribution in [0.3, 0.4) is 0 Å². The van der Waals surface area contributed by atoms with Crippen molar-refractivity contribution >= 4 is 21.4 Å². The van der Waals surface area contributed by atoms with Gasteiger partial charge < -0.3 is 0 Å². The molecule has 1 aromatic heterocycles. The fourth-order valence-corrected chi connectivity index (χ4v) is 3.48. The third-order valence-corrected chi connectivity index (χ3v) is 5.12. The van der Waals surface area contributed by atoms with Crippen LogP contribution in [0.15, 0.2) is 21.7 Å². The van der Waals surface area contributed by atoms with Crippen molar-refractivity contribution in [3.8, 4) is 0 Å². The lowest BCUT2D eigenvalue weighted by molar-refractivity contribution is 0.531. The largest absolute Gasteiger partial charge is 0.250 e. The topological polar surface area (TPSA) is 46.2 Å². The Kier molecular flexibility index (Phi) is 5.44. The molecule has 0 atom stereocenters. The standard InChI is InChI=1S/C11H19NO2S2/c1-10(2)6-3-4-8-12-16(13,14)11-7-5-9-15-11/h5,7,9-10,12H,3-4,6,8H2,1-2H3. The molecule has 0 aromatic carbocycles. The van der Waals surface area contributed by atoms with E-state index in [0.717, 1.165) is 19.3 Å². The second kappa shape index (κ2) is 6.37. The van der Waals surface area contributed by atoms with Crippen molar-refractivity contribution in [2.24, 2.45) is 5.92 Å².